The third-order valence-electron chi connectivity index (χ3n) is 4.43. The molecule has 146 valence electrons. The molecule has 0 spiro atoms. The first-order valence-corrected chi connectivity index (χ1v) is 9.73. The van der Waals surface area contributed by atoms with Gasteiger partial charge in [-0.3, -0.25) is 4.90 Å². The number of benzene rings is 3. The van der Waals surface area contributed by atoms with Gasteiger partial charge in [0.1, 0.15) is 11.5 Å². The Labute approximate surface area is 173 Å². The number of amides is 2. The number of rotatable bonds is 4. The van der Waals surface area contributed by atoms with Gasteiger partial charge in [-0.05, 0) is 54.1 Å². The predicted molar refractivity (Wildman–Crippen MR) is 115 cm³/mol. The van der Waals surface area contributed by atoms with Crippen molar-refractivity contribution in [3.05, 3.63) is 72.3 Å². The molecule has 0 saturated heterocycles. The molecule has 29 heavy (non-hydrogen) atoms. The molecule has 1 heterocycles. The standard InChI is InChI=1S/C22H19N3O3S/c1-27-16-9-7-15(8-10-16)14-23-24-22(26)25-18-5-3-4-6-20(18)29-21-12-11-17(28-2)13-19(21)25/h3-14H,1-2H3,(H,24,26)/b23-14+. The van der Waals surface area contributed by atoms with Crippen molar-refractivity contribution in [2.45, 2.75) is 9.79 Å². The van der Waals surface area contributed by atoms with Gasteiger partial charge in [0.25, 0.3) is 0 Å². The number of fused-ring (bicyclic) bond motifs is 2. The van der Waals surface area contributed by atoms with Crippen molar-refractivity contribution in [2.24, 2.45) is 5.10 Å². The number of hydrogen-bond acceptors (Lipinski definition) is 5. The fraction of sp³-hybridized carbons (Fsp3) is 0.0909. The molecule has 0 bridgehead atoms. The smallest absolute Gasteiger partial charge is 0.346 e. The van der Waals surface area contributed by atoms with Gasteiger partial charge >= 0.3 is 6.03 Å². The monoisotopic (exact) mass is 405 g/mol. The summed E-state index contributed by atoms with van der Waals surface area (Å²) in [5, 5.41) is 4.12. The van der Waals surface area contributed by atoms with Crippen molar-refractivity contribution >= 4 is 35.4 Å². The number of nitrogens with zero attached hydrogens (tertiary/aromatic N) is 2. The lowest BCUT2D eigenvalue weighted by Crippen LogP contribution is -2.35. The lowest BCUT2D eigenvalue weighted by molar-refractivity contribution is 0.249. The first-order chi connectivity index (χ1) is 14.2. The van der Waals surface area contributed by atoms with Crippen LogP contribution in [0.1, 0.15) is 5.56 Å². The molecular formula is C22H19N3O3S. The van der Waals surface area contributed by atoms with Gasteiger partial charge in [-0.25, -0.2) is 10.2 Å². The number of urea groups is 1. The third-order valence-corrected chi connectivity index (χ3v) is 5.56. The van der Waals surface area contributed by atoms with E-state index < -0.39 is 0 Å². The number of para-hydroxylation sites is 1. The van der Waals surface area contributed by atoms with E-state index in [1.165, 1.54) is 0 Å². The number of ether oxygens (including phenoxy) is 2. The first-order valence-electron chi connectivity index (χ1n) is 8.92. The van der Waals surface area contributed by atoms with Gasteiger partial charge < -0.3 is 9.47 Å². The minimum atomic E-state index is -0.350. The number of carbonyl (C=O) groups is 1. The molecule has 1 N–H and O–H groups in total. The normalized spacial score (nSPS) is 12.3. The minimum Gasteiger partial charge on any atom is -0.497 e. The van der Waals surface area contributed by atoms with E-state index in [1.54, 1.807) is 37.1 Å². The molecule has 3 aromatic rings. The third kappa shape index (κ3) is 3.90. The quantitative estimate of drug-likeness (QED) is 0.487. The summed E-state index contributed by atoms with van der Waals surface area (Å²) in [7, 11) is 3.22. The molecule has 1 aliphatic heterocycles. The molecule has 6 nitrogen and oxygen atoms in total. The van der Waals surface area contributed by atoms with Gasteiger partial charge in [-0.15, -0.1) is 0 Å². The summed E-state index contributed by atoms with van der Waals surface area (Å²) in [6.45, 7) is 0. The van der Waals surface area contributed by atoms with Gasteiger partial charge in [0, 0.05) is 15.9 Å². The van der Waals surface area contributed by atoms with E-state index in [1.807, 2.05) is 66.7 Å². The zero-order chi connectivity index (χ0) is 20.2. The Morgan fingerprint density at radius 1 is 0.931 bits per heavy atom. The maximum atomic E-state index is 13.0. The van der Waals surface area contributed by atoms with Crippen LogP contribution >= 0.6 is 11.8 Å². The number of anilines is 2. The summed E-state index contributed by atoms with van der Waals surface area (Å²) in [5.74, 6) is 1.45. The predicted octanol–water partition coefficient (Wildman–Crippen LogP) is 5.05. The summed E-state index contributed by atoms with van der Waals surface area (Å²) >= 11 is 1.62. The highest BCUT2D eigenvalue weighted by molar-refractivity contribution is 7.99. The van der Waals surface area contributed by atoms with Crippen molar-refractivity contribution in [1.29, 1.82) is 0 Å². The van der Waals surface area contributed by atoms with Crippen LogP contribution in [-0.2, 0) is 0 Å². The Morgan fingerprint density at radius 3 is 2.38 bits per heavy atom. The van der Waals surface area contributed by atoms with Crippen LogP contribution < -0.4 is 19.8 Å². The minimum absolute atomic E-state index is 0.350. The lowest BCUT2D eigenvalue weighted by Gasteiger charge is -2.30. The van der Waals surface area contributed by atoms with Gasteiger partial charge in [0.05, 0.1) is 31.8 Å². The average molecular weight is 405 g/mol. The second-order valence-corrected chi connectivity index (χ2v) is 7.27. The van der Waals surface area contributed by atoms with Gasteiger partial charge in [-0.1, -0.05) is 23.9 Å². The zero-order valence-corrected chi connectivity index (χ0v) is 16.8. The van der Waals surface area contributed by atoms with Crippen molar-refractivity contribution in [2.75, 3.05) is 19.1 Å². The molecule has 0 saturated carbocycles. The van der Waals surface area contributed by atoms with Gasteiger partial charge in [0.2, 0.25) is 0 Å². The van der Waals surface area contributed by atoms with Crippen molar-refractivity contribution in [3.63, 3.8) is 0 Å². The molecule has 0 aliphatic carbocycles. The Kier molecular flexibility index (Phi) is 5.39. The molecule has 7 heteroatoms. The number of hydrogen-bond donors (Lipinski definition) is 1. The van der Waals surface area contributed by atoms with Crippen LogP contribution in [0.25, 0.3) is 0 Å². The van der Waals surface area contributed by atoms with E-state index in [9.17, 15) is 4.79 Å². The number of carbonyl (C=O) groups excluding carboxylic acids is 1. The van der Waals surface area contributed by atoms with Gasteiger partial charge in [-0.2, -0.15) is 5.10 Å². The van der Waals surface area contributed by atoms with Crippen molar-refractivity contribution in [3.8, 4) is 11.5 Å². The molecular weight excluding hydrogens is 386 g/mol. The maximum absolute atomic E-state index is 13.0. The largest absolute Gasteiger partial charge is 0.497 e. The second-order valence-electron chi connectivity index (χ2n) is 6.19. The average Bonchev–Trinajstić information content (AvgIpc) is 2.77. The van der Waals surface area contributed by atoms with Crippen LogP contribution in [0.2, 0.25) is 0 Å². The molecule has 1 aliphatic rings. The SMILES string of the molecule is COc1ccc(/C=N/NC(=O)N2c3ccccc3Sc3ccc(OC)cc32)cc1. The van der Waals surface area contributed by atoms with Crippen LogP contribution in [0, 0.1) is 0 Å². The second kappa shape index (κ2) is 8.28. The topological polar surface area (TPSA) is 63.2 Å². The van der Waals surface area contributed by atoms with Crippen LogP contribution in [0.3, 0.4) is 0 Å². The van der Waals surface area contributed by atoms with Crippen LogP contribution in [0.15, 0.2) is 81.6 Å². The van der Waals surface area contributed by atoms with E-state index >= 15 is 0 Å². The summed E-state index contributed by atoms with van der Waals surface area (Å²) < 4.78 is 10.5. The first kappa shape index (κ1) is 18.9. The Morgan fingerprint density at radius 2 is 1.62 bits per heavy atom. The summed E-state index contributed by atoms with van der Waals surface area (Å²) in [5.41, 5.74) is 5.03. The molecule has 4 rings (SSSR count). The molecule has 0 radical (unpaired) electrons. The zero-order valence-electron chi connectivity index (χ0n) is 16.0. The Hall–Kier alpha value is -3.45. The molecule has 0 unspecified atom stereocenters. The highest BCUT2D eigenvalue weighted by Gasteiger charge is 2.28. The van der Waals surface area contributed by atoms with Crippen LogP contribution in [0.4, 0.5) is 16.2 Å². The number of hydrazone groups is 1. The van der Waals surface area contributed by atoms with E-state index in [0.717, 1.165) is 32.5 Å². The fourth-order valence-electron chi connectivity index (χ4n) is 2.98. The van der Waals surface area contributed by atoms with Crippen LogP contribution in [-0.4, -0.2) is 26.5 Å². The maximum Gasteiger partial charge on any atom is 0.346 e. The lowest BCUT2D eigenvalue weighted by atomic mass is 10.2. The fourth-order valence-corrected chi connectivity index (χ4v) is 4.02. The summed E-state index contributed by atoms with van der Waals surface area (Å²) in [6, 6.07) is 20.5. The Bertz CT molecular complexity index is 1070. The van der Waals surface area contributed by atoms with Crippen molar-refractivity contribution < 1.29 is 14.3 Å². The highest BCUT2D eigenvalue weighted by Crippen LogP contribution is 2.49. The summed E-state index contributed by atoms with van der Waals surface area (Å²) in [4.78, 5) is 16.6. The summed E-state index contributed by atoms with van der Waals surface area (Å²) in [6.07, 6.45) is 1.59. The molecule has 0 fully saturated rings. The molecule has 0 aromatic heterocycles. The highest BCUT2D eigenvalue weighted by atomic mass is 32.2. The molecule has 0 atom stereocenters. The Balaban J connectivity index is 1.61. The van der Waals surface area contributed by atoms with Gasteiger partial charge in [0.15, 0.2) is 0 Å². The number of nitrogens with one attached hydrogen (secondary N) is 1. The molecule has 2 amide bonds. The van der Waals surface area contributed by atoms with Crippen molar-refractivity contribution in [1.82, 2.24) is 5.43 Å². The van der Waals surface area contributed by atoms with E-state index in [0.29, 0.717) is 5.75 Å². The molecule has 3 aromatic carbocycles. The van der Waals surface area contributed by atoms with E-state index in [2.05, 4.69) is 10.5 Å². The van der Waals surface area contributed by atoms with Crippen LogP contribution in [0.5, 0.6) is 11.5 Å². The van der Waals surface area contributed by atoms with E-state index in [4.69, 9.17) is 9.47 Å². The van der Waals surface area contributed by atoms with E-state index in [-0.39, 0.29) is 6.03 Å². The number of methoxy groups -OCH3 is 2.